The Morgan fingerprint density at radius 3 is 2.35 bits per heavy atom. The van der Waals surface area contributed by atoms with Gasteiger partial charge in [0, 0.05) is 50.7 Å². The molecule has 1 aliphatic rings. The highest BCUT2D eigenvalue weighted by Gasteiger charge is 2.18. The lowest BCUT2D eigenvalue weighted by molar-refractivity contribution is 0.0951. The number of nitrogens with one attached hydrogen (secondary N) is 1. The summed E-state index contributed by atoms with van der Waals surface area (Å²) in [5.74, 6) is 0.829. The Balaban J connectivity index is 1.36. The second-order valence-corrected chi connectivity index (χ2v) is 6.86. The minimum absolute atomic E-state index is 0.0165. The van der Waals surface area contributed by atoms with E-state index in [1.54, 1.807) is 12.4 Å². The normalized spacial score (nSPS) is 15.1. The number of carbonyl (C=O) groups excluding carboxylic acids is 1. The first kappa shape index (κ1) is 18.3. The summed E-state index contributed by atoms with van der Waals surface area (Å²) in [5.41, 5.74) is 2.99. The van der Waals surface area contributed by atoms with Crippen LogP contribution in [0.4, 0.5) is 5.95 Å². The molecule has 2 aromatic rings. The molecule has 1 saturated heterocycles. The van der Waals surface area contributed by atoms with Crippen LogP contribution in [-0.2, 0) is 0 Å². The Morgan fingerprint density at radius 1 is 1.04 bits per heavy atom. The molecule has 0 saturated carbocycles. The minimum atomic E-state index is 0.0165. The summed E-state index contributed by atoms with van der Waals surface area (Å²) in [6.07, 6.45) is 4.53. The van der Waals surface area contributed by atoms with Gasteiger partial charge in [0.2, 0.25) is 5.95 Å². The monoisotopic (exact) mass is 353 g/mol. The van der Waals surface area contributed by atoms with E-state index >= 15 is 0 Å². The predicted molar refractivity (Wildman–Crippen MR) is 104 cm³/mol. The molecule has 0 aliphatic carbocycles. The number of benzene rings is 1. The van der Waals surface area contributed by atoms with Gasteiger partial charge in [0.1, 0.15) is 0 Å². The summed E-state index contributed by atoms with van der Waals surface area (Å²) in [4.78, 5) is 25.5. The summed E-state index contributed by atoms with van der Waals surface area (Å²) in [7, 11) is 0. The molecule has 1 N–H and O–H groups in total. The van der Waals surface area contributed by atoms with E-state index in [4.69, 9.17) is 0 Å². The third-order valence-electron chi connectivity index (χ3n) is 4.63. The van der Waals surface area contributed by atoms with Crippen LogP contribution in [0.2, 0.25) is 0 Å². The van der Waals surface area contributed by atoms with E-state index in [1.807, 2.05) is 32.0 Å². The van der Waals surface area contributed by atoms with Crippen LogP contribution in [0.15, 0.2) is 36.7 Å². The van der Waals surface area contributed by atoms with Crippen LogP contribution in [0.3, 0.4) is 0 Å². The zero-order valence-corrected chi connectivity index (χ0v) is 15.6. The second kappa shape index (κ2) is 8.76. The van der Waals surface area contributed by atoms with Gasteiger partial charge in [0.05, 0.1) is 0 Å². The van der Waals surface area contributed by atoms with Gasteiger partial charge >= 0.3 is 0 Å². The number of aromatic nitrogens is 2. The molecule has 2 heterocycles. The fourth-order valence-electron chi connectivity index (χ4n) is 3.34. The Kier molecular flexibility index (Phi) is 6.17. The van der Waals surface area contributed by atoms with Crippen LogP contribution in [0.5, 0.6) is 0 Å². The number of anilines is 1. The van der Waals surface area contributed by atoms with E-state index in [-0.39, 0.29) is 5.91 Å². The lowest BCUT2D eigenvalue weighted by atomic mass is 10.1. The maximum atomic E-state index is 12.3. The number of hydrogen-bond acceptors (Lipinski definition) is 5. The molecule has 1 amide bonds. The number of piperazine rings is 1. The summed E-state index contributed by atoms with van der Waals surface area (Å²) in [6, 6.07) is 7.80. The van der Waals surface area contributed by atoms with Gasteiger partial charge in [-0.05, 0) is 45.0 Å². The van der Waals surface area contributed by atoms with E-state index in [0.717, 1.165) is 61.8 Å². The third-order valence-corrected chi connectivity index (χ3v) is 4.63. The highest BCUT2D eigenvalue weighted by atomic mass is 16.1. The maximum absolute atomic E-state index is 12.3. The molecular weight excluding hydrogens is 326 g/mol. The van der Waals surface area contributed by atoms with Crippen LogP contribution in [0.25, 0.3) is 0 Å². The maximum Gasteiger partial charge on any atom is 0.251 e. The fourth-order valence-corrected chi connectivity index (χ4v) is 3.34. The smallest absolute Gasteiger partial charge is 0.251 e. The van der Waals surface area contributed by atoms with Crippen LogP contribution >= 0.6 is 0 Å². The molecule has 1 aromatic carbocycles. The van der Waals surface area contributed by atoms with Crippen LogP contribution in [0, 0.1) is 13.8 Å². The largest absolute Gasteiger partial charge is 0.352 e. The van der Waals surface area contributed by atoms with E-state index in [1.165, 1.54) is 0 Å². The fraction of sp³-hybridized carbons (Fsp3) is 0.450. The lowest BCUT2D eigenvalue weighted by Gasteiger charge is -2.34. The SMILES string of the molecule is Cc1cc(C)cc(C(=O)NCCCN2CCN(c3ncccn3)CC2)c1. The Hall–Kier alpha value is -2.47. The van der Waals surface area contributed by atoms with Gasteiger partial charge in [0.25, 0.3) is 5.91 Å². The summed E-state index contributed by atoms with van der Waals surface area (Å²) < 4.78 is 0. The average molecular weight is 353 g/mol. The van der Waals surface area contributed by atoms with E-state index in [2.05, 4.69) is 31.2 Å². The first-order valence-corrected chi connectivity index (χ1v) is 9.22. The number of rotatable bonds is 6. The topological polar surface area (TPSA) is 61.4 Å². The molecule has 138 valence electrons. The predicted octanol–water partition coefficient (Wildman–Crippen LogP) is 2.04. The molecule has 1 fully saturated rings. The van der Waals surface area contributed by atoms with E-state index in [9.17, 15) is 4.79 Å². The van der Waals surface area contributed by atoms with Crippen molar-refractivity contribution in [2.75, 3.05) is 44.2 Å². The van der Waals surface area contributed by atoms with Crippen LogP contribution in [-0.4, -0.2) is 60.0 Å². The Morgan fingerprint density at radius 2 is 1.69 bits per heavy atom. The van der Waals surface area contributed by atoms with Gasteiger partial charge in [0.15, 0.2) is 0 Å². The first-order valence-electron chi connectivity index (χ1n) is 9.22. The molecule has 6 nitrogen and oxygen atoms in total. The molecule has 1 aromatic heterocycles. The molecule has 3 rings (SSSR count). The van der Waals surface area contributed by atoms with Gasteiger partial charge in [-0.25, -0.2) is 9.97 Å². The van der Waals surface area contributed by atoms with Crippen molar-refractivity contribution in [2.24, 2.45) is 0 Å². The minimum Gasteiger partial charge on any atom is -0.352 e. The van der Waals surface area contributed by atoms with Crippen LogP contribution < -0.4 is 10.2 Å². The molecule has 6 heteroatoms. The van der Waals surface area contributed by atoms with Crippen LogP contribution in [0.1, 0.15) is 27.9 Å². The summed E-state index contributed by atoms with van der Waals surface area (Å²) in [5, 5.41) is 3.03. The van der Waals surface area contributed by atoms with Gasteiger partial charge in [-0.2, -0.15) is 0 Å². The van der Waals surface area contributed by atoms with Gasteiger partial charge in [-0.1, -0.05) is 17.2 Å². The van der Waals surface area contributed by atoms with Crippen molar-refractivity contribution in [1.82, 2.24) is 20.2 Å². The van der Waals surface area contributed by atoms with Crippen molar-refractivity contribution in [1.29, 1.82) is 0 Å². The molecule has 0 bridgehead atoms. The van der Waals surface area contributed by atoms with Crippen molar-refractivity contribution in [2.45, 2.75) is 20.3 Å². The van der Waals surface area contributed by atoms with Crippen molar-refractivity contribution in [3.8, 4) is 0 Å². The number of nitrogens with zero attached hydrogens (tertiary/aromatic N) is 4. The zero-order valence-electron chi connectivity index (χ0n) is 15.6. The standard InChI is InChI=1S/C20H27N5O/c1-16-13-17(2)15-18(14-16)19(26)21-7-4-8-24-9-11-25(12-10-24)20-22-5-3-6-23-20/h3,5-6,13-15H,4,7-12H2,1-2H3,(H,21,26). The molecule has 26 heavy (non-hydrogen) atoms. The molecule has 0 atom stereocenters. The van der Waals surface area contributed by atoms with E-state index in [0.29, 0.717) is 6.54 Å². The Labute approximate surface area is 155 Å². The molecular formula is C20H27N5O. The van der Waals surface area contributed by atoms with Gasteiger partial charge < -0.3 is 10.2 Å². The van der Waals surface area contributed by atoms with E-state index < -0.39 is 0 Å². The number of amides is 1. The Bertz CT molecular complexity index is 706. The molecule has 0 spiro atoms. The molecule has 1 aliphatic heterocycles. The second-order valence-electron chi connectivity index (χ2n) is 6.86. The molecule has 0 radical (unpaired) electrons. The number of carbonyl (C=O) groups is 1. The summed E-state index contributed by atoms with van der Waals surface area (Å²) >= 11 is 0. The van der Waals surface area contributed by atoms with Crippen molar-refractivity contribution in [3.05, 3.63) is 53.3 Å². The first-order chi connectivity index (χ1) is 12.6. The number of aryl methyl sites for hydroxylation is 2. The van der Waals surface area contributed by atoms with Gasteiger partial charge in [-0.3, -0.25) is 9.69 Å². The van der Waals surface area contributed by atoms with Gasteiger partial charge in [-0.15, -0.1) is 0 Å². The van der Waals surface area contributed by atoms with Crippen molar-refractivity contribution >= 4 is 11.9 Å². The highest BCUT2D eigenvalue weighted by Crippen LogP contribution is 2.10. The highest BCUT2D eigenvalue weighted by molar-refractivity contribution is 5.94. The molecule has 0 unspecified atom stereocenters. The zero-order chi connectivity index (χ0) is 18.4. The lowest BCUT2D eigenvalue weighted by Crippen LogP contribution is -2.47. The third kappa shape index (κ3) is 5.02. The van der Waals surface area contributed by atoms with Crippen molar-refractivity contribution < 1.29 is 4.79 Å². The number of hydrogen-bond donors (Lipinski definition) is 1. The average Bonchev–Trinajstić information content (AvgIpc) is 2.65. The van der Waals surface area contributed by atoms with Crippen molar-refractivity contribution in [3.63, 3.8) is 0 Å². The summed E-state index contributed by atoms with van der Waals surface area (Å²) in [6.45, 7) is 9.63. The quantitative estimate of drug-likeness (QED) is 0.805.